The summed E-state index contributed by atoms with van der Waals surface area (Å²) < 4.78 is 6.08. The largest absolute Gasteiger partial charge is 0.444 e. The van der Waals surface area contributed by atoms with Crippen LogP contribution in [0, 0.1) is 0 Å². The molecule has 9 nitrogen and oxygen atoms in total. The van der Waals surface area contributed by atoms with Crippen molar-refractivity contribution < 1.29 is 14.3 Å². The van der Waals surface area contributed by atoms with Crippen molar-refractivity contribution in [3.8, 4) is 0 Å². The molecule has 0 bridgehead atoms. The van der Waals surface area contributed by atoms with Crippen molar-refractivity contribution in [3.05, 3.63) is 47.2 Å². The molecule has 0 saturated carbocycles. The second-order valence-electron chi connectivity index (χ2n) is 9.03. The average molecular weight is 469 g/mol. The van der Waals surface area contributed by atoms with E-state index < -0.39 is 11.7 Å². The highest BCUT2D eigenvalue weighted by Gasteiger charge is 2.31. The molecule has 3 aromatic rings. The number of pyridine rings is 1. The van der Waals surface area contributed by atoms with Gasteiger partial charge in [-0.15, -0.1) is 11.3 Å². The number of thiophene rings is 1. The maximum Gasteiger partial charge on any atom is 0.407 e. The Morgan fingerprint density at radius 2 is 2.06 bits per heavy atom. The minimum Gasteiger partial charge on any atom is -0.444 e. The lowest BCUT2D eigenvalue weighted by Crippen LogP contribution is -2.41. The number of rotatable bonds is 5. The predicted molar refractivity (Wildman–Crippen MR) is 127 cm³/mol. The summed E-state index contributed by atoms with van der Waals surface area (Å²) in [5, 5.41) is 8.01. The first kappa shape index (κ1) is 22.9. The van der Waals surface area contributed by atoms with Gasteiger partial charge in [0.1, 0.15) is 5.60 Å². The van der Waals surface area contributed by atoms with Crippen LogP contribution in [0.15, 0.2) is 35.8 Å². The van der Waals surface area contributed by atoms with Gasteiger partial charge < -0.3 is 20.3 Å². The van der Waals surface area contributed by atoms with Crippen molar-refractivity contribution in [1.29, 1.82) is 0 Å². The van der Waals surface area contributed by atoms with Crippen molar-refractivity contribution in [2.75, 3.05) is 18.4 Å². The van der Waals surface area contributed by atoms with E-state index in [1.807, 2.05) is 57.3 Å². The van der Waals surface area contributed by atoms with Crippen molar-refractivity contribution in [1.82, 2.24) is 25.2 Å². The molecule has 1 aliphatic rings. The standard InChI is InChI=1S/C23H28N6O3S/c1-14(16-7-5-6-10-24-16)25-21-27-17-9-12-33-19(17)18(28-21)20(30)29-11-8-15(13-29)26-22(31)32-23(2,3)4/h5-7,9-10,12,14-15H,8,11,13H2,1-4H3,(H,26,31)(H,25,27,28)/t14-,15+/m0/s1. The zero-order valence-corrected chi connectivity index (χ0v) is 20.0. The molecule has 2 amide bonds. The lowest BCUT2D eigenvalue weighted by Gasteiger charge is -2.22. The van der Waals surface area contributed by atoms with E-state index in [4.69, 9.17) is 4.74 Å². The fraction of sp³-hybridized carbons (Fsp3) is 0.435. The molecule has 2 N–H and O–H groups in total. The van der Waals surface area contributed by atoms with Crippen LogP contribution in [0.2, 0.25) is 0 Å². The maximum absolute atomic E-state index is 13.4. The summed E-state index contributed by atoms with van der Waals surface area (Å²) >= 11 is 1.44. The number of carbonyl (C=O) groups is 2. The van der Waals surface area contributed by atoms with Crippen LogP contribution in [0.25, 0.3) is 10.2 Å². The van der Waals surface area contributed by atoms with E-state index in [1.54, 1.807) is 11.1 Å². The third kappa shape index (κ3) is 5.57. The van der Waals surface area contributed by atoms with Crippen LogP contribution >= 0.6 is 11.3 Å². The Balaban J connectivity index is 1.49. The number of carbonyl (C=O) groups excluding carboxylic acids is 2. The fourth-order valence-corrected chi connectivity index (χ4v) is 4.47. The van der Waals surface area contributed by atoms with Crippen molar-refractivity contribution >= 4 is 39.5 Å². The van der Waals surface area contributed by atoms with Gasteiger partial charge in [-0.25, -0.2) is 14.8 Å². The molecule has 0 unspecified atom stereocenters. The Kier molecular flexibility index (Phi) is 6.46. The minimum atomic E-state index is -0.570. The maximum atomic E-state index is 13.4. The number of nitrogens with zero attached hydrogens (tertiary/aromatic N) is 4. The zero-order chi connectivity index (χ0) is 23.6. The van der Waals surface area contributed by atoms with Gasteiger partial charge in [0, 0.05) is 19.3 Å². The fourth-order valence-electron chi connectivity index (χ4n) is 3.66. The van der Waals surface area contributed by atoms with E-state index in [0.29, 0.717) is 31.2 Å². The Morgan fingerprint density at radius 3 is 2.79 bits per heavy atom. The van der Waals surface area contributed by atoms with E-state index >= 15 is 0 Å². The quantitative estimate of drug-likeness (QED) is 0.582. The van der Waals surface area contributed by atoms with E-state index in [0.717, 1.165) is 15.9 Å². The molecular formula is C23H28N6O3S. The van der Waals surface area contributed by atoms with Crippen LogP contribution in [-0.2, 0) is 4.74 Å². The van der Waals surface area contributed by atoms with Crippen LogP contribution in [0.4, 0.5) is 10.7 Å². The third-order valence-electron chi connectivity index (χ3n) is 5.18. The summed E-state index contributed by atoms with van der Waals surface area (Å²) in [5.74, 6) is 0.205. The molecule has 174 valence electrons. The van der Waals surface area contributed by atoms with Crippen molar-refractivity contribution in [2.24, 2.45) is 0 Å². The third-order valence-corrected chi connectivity index (χ3v) is 6.09. The summed E-state index contributed by atoms with van der Waals surface area (Å²) in [5.41, 5.74) is 1.37. The van der Waals surface area contributed by atoms with Gasteiger partial charge in [-0.3, -0.25) is 9.78 Å². The van der Waals surface area contributed by atoms with Gasteiger partial charge in [0.2, 0.25) is 5.95 Å². The first-order valence-electron chi connectivity index (χ1n) is 10.9. The van der Waals surface area contributed by atoms with Gasteiger partial charge >= 0.3 is 6.09 Å². The smallest absolute Gasteiger partial charge is 0.407 e. The van der Waals surface area contributed by atoms with Crippen LogP contribution in [0.1, 0.15) is 56.3 Å². The van der Waals surface area contributed by atoms with Crippen LogP contribution < -0.4 is 10.6 Å². The Hall–Kier alpha value is -3.27. The van der Waals surface area contributed by atoms with E-state index in [1.165, 1.54) is 11.3 Å². The number of nitrogens with one attached hydrogen (secondary N) is 2. The van der Waals surface area contributed by atoms with Gasteiger partial charge in [0.05, 0.1) is 28.0 Å². The number of amides is 2. The molecule has 4 rings (SSSR count). The number of alkyl carbamates (subject to hydrolysis) is 1. The Bertz CT molecular complexity index is 1140. The van der Waals surface area contributed by atoms with E-state index in [9.17, 15) is 9.59 Å². The van der Waals surface area contributed by atoms with Crippen molar-refractivity contribution in [2.45, 2.75) is 51.8 Å². The molecule has 0 spiro atoms. The molecule has 1 aliphatic heterocycles. The highest BCUT2D eigenvalue weighted by atomic mass is 32.1. The highest BCUT2D eigenvalue weighted by molar-refractivity contribution is 7.17. The van der Waals surface area contributed by atoms with Gasteiger partial charge in [0.25, 0.3) is 5.91 Å². The van der Waals surface area contributed by atoms with E-state index in [2.05, 4.69) is 25.6 Å². The molecule has 3 aromatic heterocycles. The Morgan fingerprint density at radius 1 is 1.24 bits per heavy atom. The van der Waals surface area contributed by atoms with Gasteiger partial charge in [-0.1, -0.05) is 6.07 Å². The molecule has 2 atom stereocenters. The molecular weight excluding hydrogens is 440 g/mol. The lowest BCUT2D eigenvalue weighted by molar-refractivity contribution is 0.0502. The molecule has 10 heteroatoms. The predicted octanol–water partition coefficient (Wildman–Crippen LogP) is 4.00. The average Bonchev–Trinajstić information content (AvgIpc) is 3.41. The molecule has 0 aromatic carbocycles. The molecule has 1 fully saturated rings. The van der Waals surface area contributed by atoms with Gasteiger partial charge in [-0.05, 0) is 57.7 Å². The number of hydrogen-bond donors (Lipinski definition) is 2. The first-order chi connectivity index (χ1) is 15.7. The number of ether oxygens (including phenoxy) is 1. The van der Waals surface area contributed by atoms with E-state index in [-0.39, 0.29) is 18.0 Å². The second kappa shape index (κ2) is 9.30. The van der Waals surface area contributed by atoms with Gasteiger partial charge in [0.15, 0.2) is 5.69 Å². The molecule has 0 aliphatic carbocycles. The number of hydrogen-bond acceptors (Lipinski definition) is 8. The number of likely N-dealkylation sites (tertiary alicyclic amines) is 1. The SMILES string of the molecule is C[C@H](Nc1nc(C(=O)N2CC[C@@H](NC(=O)OC(C)(C)C)C2)c2sccc2n1)c1ccccn1. The summed E-state index contributed by atoms with van der Waals surface area (Å²) in [6.45, 7) is 8.36. The molecule has 4 heterocycles. The zero-order valence-electron chi connectivity index (χ0n) is 19.2. The van der Waals surface area contributed by atoms with Gasteiger partial charge in [-0.2, -0.15) is 0 Å². The van der Waals surface area contributed by atoms with Crippen LogP contribution in [0.5, 0.6) is 0 Å². The molecule has 0 radical (unpaired) electrons. The normalized spacial score (nSPS) is 17.1. The number of anilines is 1. The summed E-state index contributed by atoms with van der Waals surface area (Å²) in [7, 11) is 0. The number of fused-ring (bicyclic) bond motifs is 1. The first-order valence-corrected chi connectivity index (χ1v) is 11.8. The minimum absolute atomic E-state index is 0.126. The second-order valence-corrected chi connectivity index (χ2v) is 9.95. The lowest BCUT2D eigenvalue weighted by atomic mass is 10.2. The summed E-state index contributed by atoms with van der Waals surface area (Å²) in [6, 6.07) is 7.31. The highest BCUT2D eigenvalue weighted by Crippen LogP contribution is 2.27. The topological polar surface area (TPSA) is 109 Å². The van der Waals surface area contributed by atoms with Crippen molar-refractivity contribution in [3.63, 3.8) is 0 Å². The monoisotopic (exact) mass is 468 g/mol. The summed E-state index contributed by atoms with van der Waals surface area (Å²) in [4.78, 5) is 40.7. The van der Waals surface area contributed by atoms with Crippen LogP contribution in [-0.4, -0.2) is 56.6 Å². The summed E-state index contributed by atoms with van der Waals surface area (Å²) in [6.07, 6.45) is 1.92. The molecule has 1 saturated heterocycles. The van der Waals surface area contributed by atoms with Crippen LogP contribution in [0.3, 0.4) is 0 Å². The number of aromatic nitrogens is 3. The molecule has 33 heavy (non-hydrogen) atoms. The Labute approximate surface area is 196 Å².